The molecule has 0 saturated heterocycles. The lowest BCUT2D eigenvalue weighted by atomic mass is 9.86. The normalized spacial score (nSPS) is 18.0. The molecule has 3 aromatic rings. The third-order valence-corrected chi connectivity index (χ3v) is 6.95. The van der Waals surface area contributed by atoms with E-state index in [9.17, 15) is 19.1 Å². The summed E-state index contributed by atoms with van der Waals surface area (Å²) in [5.41, 5.74) is 3.66. The van der Waals surface area contributed by atoms with Crippen LogP contribution >= 0.6 is 0 Å². The number of carboxylic acid groups (broad SMARTS) is 1. The molecule has 0 radical (unpaired) electrons. The van der Waals surface area contributed by atoms with Crippen LogP contribution in [0.2, 0.25) is 0 Å². The molecule has 0 spiro atoms. The minimum atomic E-state index is -0.913. The molecule has 37 heavy (non-hydrogen) atoms. The van der Waals surface area contributed by atoms with E-state index in [-0.39, 0.29) is 17.9 Å². The molecule has 1 amide bonds. The van der Waals surface area contributed by atoms with Crippen molar-refractivity contribution in [2.45, 2.75) is 44.6 Å². The Balaban J connectivity index is 1.49. The predicted octanol–water partition coefficient (Wildman–Crippen LogP) is 4.97. The van der Waals surface area contributed by atoms with Crippen molar-refractivity contribution in [3.63, 3.8) is 0 Å². The second-order valence-corrected chi connectivity index (χ2v) is 9.48. The number of carbonyl (C=O) groups is 2. The highest BCUT2D eigenvalue weighted by Gasteiger charge is 2.26. The number of halogens is 1. The van der Waals surface area contributed by atoms with Gasteiger partial charge in [-0.3, -0.25) is 9.59 Å². The summed E-state index contributed by atoms with van der Waals surface area (Å²) in [5, 5.41) is 9.61. The van der Waals surface area contributed by atoms with Gasteiger partial charge in [-0.05, 0) is 60.1 Å². The summed E-state index contributed by atoms with van der Waals surface area (Å²) in [5.74, 6) is -1.40. The molecule has 0 fully saturated rings. The number of carboxylic acids is 1. The van der Waals surface area contributed by atoms with E-state index < -0.39 is 17.7 Å². The van der Waals surface area contributed by atoms with Gasteiger partial charge in [0.1, 0.15) is 11.6 Å². The molecule has 192 valence electrons. The topological polar surface area (TPSA) is 89.0 Å². The summed E-state index contributed by atoms with van der Waals surface area (Å²) in [6.45, 7) is 1.74. The molecule has 1 unspecified atom stereocenters. The van der Waals surface area contributed by atoms with Gasteiger partial charge in [0.05, 0.1) is 25.2 Å². The summed E-state index contributed by atoms with van der Waals surface area (Å²) >= 11 is 0. The smallest absolute Gasteiger partial charge is 0.304 e. The zero-order valence-electron chi connectivity index (χ0n) is 20.5. The van der Waals surface area contributed by atoms with Crippen LogP contribution < -0.4 is 9.47 Å². The van der Waals surface area contributed by atoms with Crippen molar-refractivity contribution in [2.24, 2.45) is 0 Å². The Hall–Kier alpha value is -3.94. The zero-order chi connectivity index (χ0) is 25.8. The largest absolute Gasteiger partial charge is 0.493 e. The van der Waals surface area contributed by atoms with Crippen LogP contribution in [0.1, 0.15) is 64.2 Å². The third kappa shape index (κ3) is 5.74. The summed E-state index contributed by atoms with van der Waals surface area (Å²) in [6, 6.07) is 13.9. The minimum Gasteiger partial charge on any atom is -0.493 e. The first-order valence-corrected chi connectivity index (χ1v) is 12.6. The number of benzene rings is 2. The molecule has 8 heteroatoms. The fourth-order valence-corrected chi connectivity index (χ4v) is 4.93. The van der Waals surface area contributed by atoms with Gasteiger partial charge in [-0.2, -0.15) is 0 Å². The van der Waals surface area contributed by atoms with Crippen molar-refractivity contribution in [1.29, 1.82) is 0 Å². The molecule has 0 aliphatic carbocycles. The standard InChI is InChI=1S/C29H29FN2O5/c30-26-15-23-7-8-24(26)29(35)32-11-10-19-4-5-20(14-22(19)18-32)25(16-28(33)34)21-6-9-27(31-17-21)37-13-3-1-2-12-36-23/h4-9,14-15,17,25H,1-3,10-13,16,18H2,(H,33,34). The summed E-state index contributed by atoms with van der Waals surface area (Å²) < 4.78 is 26.3. The number of amides is 1. The average Bonchev–Trinajstić information content (AvgIpc) is 2.90. The van der Waals surface area contributed by atoms with E-state index in [0.29, 0.717) is 44.4 Å². The van der Waals surface area contributed by atoms with Crippen LogP contribution in [0.3, 0.4) is 0 Å². The number of ether oxygens (including phenoxy) is 2. The van der Waals surface area contributed by atoms with E-state index in [0.717, 1.165) is 41.5 Å². The van der Waals surface area contributed by atoms with Gasteiger partial charge >= 0.3 is 5.97 Å². The molecule has 0 saturated carbocycles. The molecule has 2 aromatic carbocycles. The van der Waals surface area contributed by atoms with Gasteiger partial charge in [-0.25, -0.2) is 9.37 Å². The van der Waals surface area contributed by atoms with Crippen LogP contribution in [0.5, 0.6) is 11.6 Å². The van der Waals surface area contributed by atoms with E-state index in [1.165, 1.54) is 12.1 Å². The number of aromatic nitrogens is 1. The molecule has 1 aromatic heterocycles. The lowest BCUT2D eigenvalue weighted by molar-refractivity contribution is -0.137. The van der Waals surface area contributed by atoms with E-state index in [4.69, 9.17) is 9.47 Å². The van der Waals surface area contributed by atoms with Crippen molar-refractivity contribution in [3.05, 3.63) is 88.4 Å². The molecule has 7 nitrogen and oxygen atoms in total. The number of rotatable bonds is 2. The number of nitrogens with zero attached hydrogens (tertiary/aromatic N) is 2. The monoisotopic (exact) mass is 504 g/mol. The highest BCUT2D eigenvalue weighted by molar-refractivity contribution is 5.94. The van der Waals surface area contributed by atoms with Crippen LogP contribution in [0, 0.1) is 5.82 Å². The van der Waals surface area contributed by atoms with E-state index in [1.807, 2.05) is 24.3 Å². The molecule has 5 aliphatic heterocycles. The van der Waals surface area contributed by atoms with Crippen molar-refractivity contribution in [3.8, 4) is 11.6 Å². The first kappa shape index (κ1) is 24.7. The Morgan fingerprint density at radius 1 is 1.00 bits per heavy atom. The highest BCUT2D eigenvalue weighted by Crippen LogP contribution is 2.32. The second kappa shape index (κ2) is 11.0. The minimum absolute atomic E-state index is 0.0150. The lowest BCUT2D eigenvalue weighted by Gasteiger charge is -2.30. The average molecular weight is 505 g/mol. The SMILES string of the molecule is O=C(O)CC1c2ccc(nc2)OCCCCCOc2ccc(c(F)c2)C(=O)N2CCc3ccc1cc3C2. The number of pyridine rings is 1. The third-order valence-electron chi connectivity index (χ3n) is 6.95. The Kier molecular flexibility index (Phi) is 7.35. The molecule has 1 N–H and O–H groups in total. The Morgan fingerprint density at radius 3 is 2.57 bits per heavy atom. The van der Waals surface area contributed by atoms with Crippen LogP contribution in [-0.4, -0.2) is 46.6 Å². The molecule has 5 aliphatic rings. The van der Waals surface area contributed by atoms with Crippen LogP contribution in [0.4, 0.5) is 4.39 Å². The fourth-order valence-electron chi connectivity index (χ4n) is 4.93. The number of hydrogen-bond acceptors (Lipinski definition) is 5. The van der Waals surface area contributed by atoms with E-state index in [2.05, 4.69) is 4.98 Å². The predicted molar refractivity (Wildman–Crippen MR) is 134 cm³/mol. The lowest BCUT2D eigenvalue weighted by Crippen LogP contribution is -2.36. The maximum absolute atomic E-state index is 14.9. The maximum atomic E-state index is 14.9. The molecule has 1 atom stereocenters. The quantitative estimate of drug-likeness (QED) is 0.530. The maximum Gasteiger partial charge on any atom is 0.304 e. The number of carbonyl (C=O) groups excluding carboxylic acids is 1. The fraction of sp³-hybridized carbons (Fsp3) is 0.345. The van der Waals surface area contributed by atoms with E-state index >= 15 is 0 Å². The Morgan fingerprint density at radius 2 is 1.81 bits per heavy atom. The van der Waals surface area contributed by atoms with Gasteiger partial charge in [-0.15, -0.1) is 0 Å². The molecule has 6 heterocycles. The van der Waals surface area contributed by atoms with Gasteiger partial charge < -0.3 is 19.5 Å². The van der Waals surface area contributed by atoms with Gasteiger partial charge in [0.15, 0.2) is 0 Å². The first-order valence-electron chi connectivity index (χ1n) is 12.6. The van der Waals surface area contributed by atoms with Gasteiger partial charge in [0, 0.05) is 37.3 Å². The van der Waals surface area contributed by atoms with Gasteiger partial charge in [-0.1, -0.05) is 24.3 Å². The van der Waals surface area contributed by atoms with Crippen LogP contribution in [0.15, 0.2) is 54.7 Å². The molecular formula is C29H29FN2O5. The molecule has 8 rings (SSSR count). The van der Waals surface area contributed by atoms with Crippen molar-refractivity contribution < 1.29 is 28.6 Å². The zero-order valence-corrected chi connectivity index (χ0v) is 20.5. The Labute approximate surface area is 214 Å². The first-order chi connectivity index (χ1) is 18.0. The Bertz CT molecular complexity index is 1290. The van der Waals surface area contributed by atoms with Crippen molar-refractivity contribution in [2.75, 3.05) is 19.8 Å². The summed E-state index contributed by atoms with van der Waals surface area (Å²) in [4.78, 5) is 31.0. The van der Waals surface area contributed by atoms with E-state index in [1.54, 1.807) is 23.2 Å². The number of hydrogen-bond donors (Lipinski definition) is 1. The molecular weight excluding hydrogens is 475 g/mol. The van der Waals surface area contributed by atoms with Crippen LogP contribution in [-0.2, 0) is 17.8 Å². The summed E-state index contributed by atoms with van der Waals surface area (Å²) in [7, 11) is 0. The second-order valence-electron chi connectivity index (χ2n) is 9.48. The van der Waals surface area contributed by atoms with Crippen molar-refractivity contribution in [1.82, 2.24) is 9.88 Å². The number of aliphatic carboxylic acids is 1. The van der Waals surface area contributed by atoms with Crippen LogP contribution in [0.25, 0.3) is 0 Å². The highest BCUT2D eigenvalue weighted by atomic mass is 19.1. The summed E-state index contributed by atoms with van der Waals surface area (Å²) in [6.07, 6.45) is 4.67. The van der Waals surface area contributed by atoms with Gasteiger partial charge in [0.2, 0.25) is 5.88 Å². The molecule has 7 bridgehead atoms. The van der Waals surface area contributed by atoms with Gasteiger partial charge in [0.25, 0.3) is 5.91 Å². The van der Waals surface area contributed by atoms with Crippen molar-refractivity contribution >= 4 is 11.9 Å².